The summed E-state index contributed by atoms with van der Waals surface area (Å²) in [6.45, 7) is 8.78. The number of hydrogen-bond acceptors (Lipinski definition) is 5. The molecule has 0 saturated carbocycles. The molecule has 1 atom stereocenters. The summed E-state index contributed by atoms with van der Waals surface area (Å²) in [6.07, 6.45) is 1.29. The van der Waals surface area contributed by atoms with E-state index in [1.165, 1.54) is 11.8 Å². The van der Waals surface area contributed by atoms with E-state index in [2.05, 4.69) is 16.9 Å². The van der Waals surface area contributed by atoms with Gasteiger partial charge in [0.1, 0.15) is 5.25 Å². The number of carbonyl (C=O) groups is 2. The smallest absolute Gasteiger partial charge is 0.242 e. The lowest BCUT2D eigenvalue weighted by molar-refractivity contribution is -0.129. The molecule has 1 heterocycles. The van der Waals surface area contributed by atoms with Crippen molar-refractivity contribution in [3.05, 3.63) is 42.0 Å². The van der Waals surface area contributed by atoms with E-state index in [4.69, 9.17) is 5.11 Å². The third-order valence-corrected chi connectivity index (χ3v) is 5.24. The fourth-order valence-electron chi connectivity index (χ4n) is 2.51. The van der Waals surface area contributed by atoms with Crippen LogP contribution in [0.2, 0.25) is 0 Å². The predicted molar refractivity (Wildman–Crippen MR) is 110 cm³/mol. The summed E-state index contributed by atoms with van der Waals surface area (Å²) in [5.74, 6) is -0.282. The van der Waals surface area contributed by atoms with Gasteiger partial charge in [0.25, 0.3) is 0 Å². The number of aliphatic hydroxyl groups excluding tert-OH is 1. The van der Waals surface area contributed by atoms with Gasteiger partial charge in [-0.1, -0.05) is 35.0 Å². The predicted octanol–water partition coefficient (Wildman–Crippen LogP) is 2.78. The molecule has 0 bridgehead atoms. The van der Waals surface area contributed by atoms with Crippen molar-refractivity contribution in [2.45, 2.75) is 38.4 Å². The molecule has 1 aliphatic rings. The van der Waals surface area contributed by atoms with Crippen LogP contribution in [0.4, 0.5) is 5.69 Å². The Morgan fingerprint density at radius 3 is 2.70 bits per heavy atom. The van der Waals surface area contributed by atoms with E-state index in [9.17, 15) is 9.59 Å². The second kappa shape index (κ2) is 10.3. The lowest BCUT2D eigenvalue weighted by Crippen LogP contribution is -2.35. The molecule has 1 aliphatic heterocycles. The molecule has 1 unspecified atom stereocenters. The summed E-state index contributed by atoms with van der Waals surface area (Å²) in [7, 11) is 0. The monoisotopic (exact) mass is 389 g/mol. The number of thioether (sulfide) groups is 1. The summed E-state index contributed by atoms with van der Waals surface area (Å²) in [4.78, 5) is 31.2. The first kappa shape index (κ1) is 21.2. The molecule has 1 aromatic rings. The molecule has 27 heavy (non-hydrogen) atoms. The highest BCUT2D eigenvalue weighted by Crippen LogP contribution is 2.32. The van der Waals surface area contributed by atoms with Crippen LogP contribution in [0.1, 0.15) is 31.7 Å². The summed E-state index contributed by atoms with van der Waals surface area (Å²) in [6, 6.07) is 7.79. The quantitative estimate of drug-likeness (QED) is 0.503. The van der Waals surface area contributed by atoms with Gasteiger partial charge in [-0.3, -0.25) is 14.5 Å². The Hall–Kier alpha value is -2.12. The van der Waals surface area contributed by atoms with Gasteiger partial charge in [0.2, 0.25) is 11.8 Å². The summed E-state index contributed by atoms with van der Waals surface area (Å²) >= 11 is 1.33. The van der Waals surface area contributed by atoms with E-state index in [1.54, 1.807) is 4.90 Å². The van der Waals surface area contributed by atoms with E-state index >= 15 is 0 Å². The van der Waals surface area contributed by atoms with Crippen LogP contribution < -0.4 is 5.32 Å². The molecule has 0 aliphatic carbocycles. The SMILES string of the molecule is C=C(C)CCN1C(=O)C(CC(=O)NCCCO)SC1=Nc1ccc(C)cc1. The first-order chi connectivity index (χ1) is 12.9. The van der Waals surface area contributed by atoms with Gasteiger partial charge < -0.3 is 10.4 Å². The summed E-state index contributed by atoms with van der Waals surface area (Å²) < 4.78 is 0. The topological polar surface area (TPSA) is 82.0 Å². The fraction of sp³-hybridized carbons (Fsp3) is 0.450. The molecule has 2 N–H and O–H groups in total. The number of nitrogens with zero attached hydrogens (tertiary/aromatic N) is 2. The molecule has 1 saturated heterocycles. The molecule has 0 spiro atoms. The van der Waals surface area contributed by atoms with Crippen molar-refractivity contribution < 1.29 is 14.7 Å². The van der Waals surface area contributed by atoms with Gasteiger partial charge in [-0.05, 0) is 38.8 Å². The number of rotatable bonds is 9. The van der Waals surface area contributed by atoms with Gasteiger partial charge in [-0.2, -0.15) is 0 Å². The third-order valence-electron chi connectivity index (χ3n) is 4.07. The van der Waals surface area contributed by atoms with Crippen LogP contribution >= 0.6 is 11.8 Å². The highest BCUT2D eigenvalue weighted by Gasteiger charge is 2.38. The van der Waals surface area contributed by atoms with Crippen LogP contribution in [0, 0.1) is 6.92 Å². The average molecular weight is 390 g/mol. The maximum Gasteiger partial charge on any atom is 0.242 e. The molecule has 6 nitrogen and oxygen atoms in total. The van der Waals surface area contributed by atoms with Crippen LogP contribution in [0.25, 0.3) is 0 Å². The molecule has 7 heteroatoms. The molecule has 1 aromatic carbocycles. The zero-order valence-corrected chi connectivity index (χ0v) is 16.7. The number of nitrogens with one attached hydrogen (secondary N) is 1. The molecule has 2 amide bonds. The molecular formula is C20H27N3O3S. The van der Waals surface area contributed by atoms with Crippen LogP contribution in [0.5, 0.6) is 0 Å². The number of hydrogen-bond donors (Lipinski definition) is 2. The highest BCUT2D eigenvalue weighted by molar-refractivity contribution is 8.15. The van der Waals surface area contributed by atoms with Gasteiger partial charge in [0.15, 0.2) is 5.17 Å². The van der Waals surface area contributed by atoms with Crippen LogP contribution in [0.3, 0.4) is 0 Å². The van der Waals surface area contributed by atoms with Gasteiger partial charge >= 0.3 is 0 Å². The Kier molecular flexibility index (Phi) is 8.06. The van der Waals surface area contributed by atoms with Crippen molar-refractivity contribution in [3.8, 4) is 0 Å². The Labute approximate surface area is 164 Å². The van der Waals surface area contributed by atoms with Crippen LogP contribution in [0.15, 0.2) is 41.4 Å². The van der Waals surface area contributed by atoms with Crippen LogP contribution in [-0.4, -0.2) is 51.9 Å². The second-order valence-electron chi connectivity index (χ2n) is 6.66. The normalized spacial score (nSPS) is 18.2. The minimum Gasteiger partial charge on any atom is -0.396 e. The zero-order valence-electron chi connectivity index (χ0n) is 15.9. The Morgan fingerprint density at radius 2 is 2.07 bits per heavy atom. The molecule has 0 aromatic heterocycles. The van der Waals surface area contributed by atoms with E-state index in [0.29, 0.717) is 31.1 Å². The molecule has 146 valence electrons. The first-order valence-corrected chi connectivity index (χ1v) is 9.94. The number of amidine groups is 1. The van der Waals surface area contributed by atoms with Crippen molar-refractivity contribution in [3.63, 3.8) is 0 Å². The van der Waals surface area contributed by atoms with Gasteiger partial charge in [0.05, 0.1) is 5.69 Å². The molecular weight excluding hydrogens is 362 g/mol. The van der Waals surface area contributed by atoms with E-state index in [0.717, 1.165) is 16.8 Å². The number of aliphatic imine (C=N–C) groups is 1. The second-order valence-corrected chi connectivity index (χ2v) is 7.83. The van der Waals surface area contributed by atoms with Gasteiger partial charge in [0, 0.05) is 26.1 Å². The summed E-state index contributed by atoms with van der Waals surface area (Å²) in [5.41, 5.74) is 2.92. The fourth-order valence-corrected chi connectivity index (χ4v) is 3.69. The van der Waals surface area contributed by atoms with E-state index in [1.807, 2.05) is 38.1 Å². The Bertz CT molecular complexity index is 716. The number of aliphatic hydroxyl groups is 1. The first-order valence-electron chi connectivity index (χ1n) is 9.06. The summed E-state index contributed by atoms with van der Waals surface area (Å²) in [5, 5.41) is 11.7. The highest BCUT2D eigenvalue weighted by atomic mass is 32.2. The Balaban J connectivity index is 2.12. The standard InChI is InChI=1S/C20H27N3O3S/c1-14(2)9-11-23-19(26)17(13-18(25)21-10-4-12-24)27-20(23)22-16-7-5-15(3)6-8-16/h5-8,17,24H,1,4,9-13H2,2-3H3,(H,21,25). The third kappa shape index (κ3) is 6.52. The van der Waals surface area contributed by atoms with Crippen molar-refractivity contribution >= 4 is 34.4 Å². The molecule has 2 rings (SSSR count). The largest absolute Gasteiger partial charge is 0.396 e. The minimum absolute atomic E-state index is 0.0272. The van der Waals surface area contributed by atoms with Crippen molar-refractivity contribution in [1.82, 2.24) is 10.2 Å². The number of benzene rings is 1. The van der Waals surface area contributed by atoms with E-state index < -0.39 is 5.25 Å². The van der Waals surface area contributed by atoms with E-state index in [-0.39, 0.29) is 24.8 Å². The lowest BCUT2D eigenvalue weighted by atomic mass is 10.2. The minimum atomic E-state index is -0.478. The Morgan fingerprint density at radius 1 is 1.37 bits per heavy atom. The van der Waals surface area contributed by atoms with Crippen molar-refractivity contribution in [2.24, 2.45) is 4.99 Å². The number of carbonyl (C=O) groups excluding carboxylic acids is 2. The number of aryl methyl sites for hydroxylation is 1. The molecule has 0 radical (unpaired) electrons. The van der Waals surface area contributed by atoms with Crippen LogP contribution in [-0.2, 0) is 9.59 Å². The van der Waals surface area contributed by atoms with Gasteiger partial charge in [-0.25, -0.2) is 4.99 Å². The zero-order chi connectivity index (χ0) is 19.8. The molecule has 1 fully saturated rings. The maximum atomic E-state index is 12.8. The average Bonchev–Trinajstić information content (AvgIpc) is 2.90. The lowest BCUT2D eigenvalue weighted by Gasteiger charge is -2.16. The van der Waals surface area contributed by atoms with Crippen molar-refractivity contribution in [2.75, 3.05) is 19.7 Å². The van der Waals surface area contributed by atoms with Crippen molar-refractivity contribution in [1.29, 1.82) is 0 Å². The maximum absolute atomic E-state index is 12.8. The van der Waals surface area contributed by atoms with Gasteiger partial charge in [-0.15, -0.1) is 6.58 Å². The number of amides is 2.